The molecule has 0 aromatic carbocycles. The van der Waals surface area contributed by atoms with E-state index in [9.17, 15) is 4.79 Å². The van der Waals surface area contributed by atoms with Crippen molar-refractivity contribution in [2.24, 2.45) is 13.0 Å². The van der Waals surface area contributed by atoms with Gasteiger partial charge in [0, 0.05) is 32.7 Å². The van der Waals surface area contributed by atoms with Crippen molar-refractivity contribution in [1.82, 2.24) is 14.8 Å². The van der Waals surface area contributed by atoms with E-state index in [0.717, 1.165) is 11.3 Å². The zero-order valence-corrected chi connectivity index (χ0v) is 12.3. The van der Waals surface area contributed by atoms with Crippen LogP contribution >= 0.6 is 0 Å². The largest absolute Gasteiger partial charge is 0.312 e. The first-order chi connectivity index (χ1) is 9.50. The topological polar surface area (TPSA) is 51.0 Å². The molecule has 20 heavy (non-hydrogen) atoms. The summed E-state index contributed by atoms with van der Waals surface area (Å²) in [7, 11) is 3.62. The molecule has 0 saturated carbocycles. The average Bonchev–Trinajstić information content (AvgIpc) is 2.85. The smallest absolute Gasteiger partial charge is 0.234 e. The van der Waals surface area contributed by atoms with Crippen molar-refractivity contribution in [3.05, 3.63) is 42.5 Å². The van der Waals surface area contributed by atoms with Crippen molar-refractivity contribution >= 4 is 11.6 Å². The van der Waals surface area contributed by atoms with Gasteiger partial charge >= 0.3 is 0 Å². The Morgan fingerprint density at radius 1 is 1.35 bits per heavy atom. The molecule has 0 aliphatic carbocycles. The molecular formula is C15H20N4O. The van der Waals surface area contributed by atoms with Crippen LogP contribution in [-0.2, 0) is 11.8 Å². The molecule has 2 aromatic heterocycles. The highest BCUT2D eigenvalue weighted by molar-refractivity contribution is 5.97. The summed E-state index contributed by atoms with van der Waals surface area (Å²) in [4.78, 5) is 18.5. The third-order valence-electron chi connectivity index (χ3n) is 3.39. The average molecular weight is 272 g/mol. The molecule has 0 saturated heterocycles. The molecule has 0 radical (unpaired) electrons. The highest BCUT2D eigenvalue weighted by Crippen LogP contribution is 2.27. The number of aromatic nitrogens is 3. The molecule has 5 nitrogen and oxygen atoms in total. The number of amides is 1. The number of pyridine rings is 1. The van der Waals surface area contributed by atoms with Crippen LogP contribution in [0, 0.1) is 5.92 Å². The molecule has 5 heteroatoms. The summed E-state index contributed by atoms with van der Waals surface area (Å²) in [5.41, 5.74) is 1.75. The highest BCUT2D eigenvalue weighted by Gasteiger charge is 2.28. The van der Waals surface area contributed by atoms with E-state index in [0.29, 0.717) is 0 Å². The monoisotopic (exact) mass is 272 g/mol. The van der Waals surface area contributed by atoms with E-state index in [-0.39, 0.29) is 17.7 Å². The normalized spacial score (nSPS) is 12.4. The fourth-order valence-electron chi connectivity index (χ4n) is 2.29. The summed E-state index contributed by atoms with van der Waals surface area (Å²) in [6.45, 7) is 4.10. The van der Waals surface area contributed by atoms with Gasteiger partial charge < -0.3 is 4.90 Å². The van der Waals surface area contributed by atoms with Gasteiger partial charge in [-0.15, -0.1) is 0 Å². The van der Waals surface area contributed by atoms with E-state index < -0.39 is 0 Å². The predicted octanol–water partition coefficient (Wildman–Crippen LogP) is 2.22. The second-order valence-electron chi connectivity index (χ2n) is 5.28. The Hall–Kier alpha value is -2.17. The maximum Gasteiger partial charge on any atom is 0.234 e. The number of hydrogen-bond donors (Lipinski definition) is 0. The zero-order chi connectivity index (χ0) is 14.7. The van der Waals surface area contributed by atoms with E-state index in [1.807, 2.05) is 39.2 Å². The third-order valence-corrected chi connectivity index (χ3v) is 3.39. The number of hydrogen-bond acceptors (Lipinski definition) is 3. The quantitative estimate of drug-likeness (QED) is 0.857. The Labute approximate surface area is 119 Å². The summed E-state index contributed by atoms with van der Waals surface area (Å²) in [6.07, 6.45) is 7.01. The van der Waals surface area contributed by atoms with Crippen LogP contribution in [0.3, 0.4) is 0 Å². The Kier molecular flexibility index (Phi) is 4.17. The van der Waals surface area contributed by atoms with Gasteiger partial charge in [-0.2, -0.15) is 5.10 Å². The Morgan fingerprint density at radius 2 is 2.10 bits per heavy atom. The van der Waals surface area contributed by atoms with Crippen LogP contribution < -0.4 is 4.90 Å². The SMILES string of the molecule is CC(C)C(C(=O)N(C)c1cnn(C)c1)c1cccnc1. The van der Waals surface area contributed by atoms with Gasteiger partial charge in [-0.25, -0.2) is 0 Å². The molecule has 2 aromatic rings. The molecule has 1 unspecified atom stereocenters. The first-order valence-corrected chi connectivity index (χ1v) is 6.67. The molecule has 106 valence electrons. The molecule has 0 N–H and O–H groups in total. The van der Waals surface area contributed by atoms with E-state index in [1.54, 1.807) is 35.2 Å². The van der Waals surface area contributed by atoms with Gasteiger partial charge in [0.1, 0.15) is 0 Å². The van der Waals surface area contributed by atoms with E-state index in [2.05, 4.69) is 10.1 Å². The van der Waals surface area contributed by atoms with Crippen molar-refractivity contribution in [3.8, 4) is 0 Å². The van der Waals surface area contributed by atoms with Crippen LogP contribution in [0.15, 0.2) is 36.9 Å². The third kappa shape index (κ3) is 2.87. The second-order valence-corrected chi connectivity index (χ2v) is 5.28. The minimum atomic E-state index is -0.200. The molecule has 1 amide bonds. The predicted molar refractivity (Wildman–Crippen MR) is 78.4 cm³/mol. The van der Waals surface area contributed by atoms with Gasteiger partial charge in [-0.3, -0.25) is 14.5 Å². The van der Waals surface area contributed by atoms with Gasteiger partial charge in [0.2, 0.25) is 5.91 Å². The lowest BCUT2D eigenvalue weighted by molar-refractivity contribution is -0.120. The Bertz CT molecular complexity index is 577. The molecule has 0 aliphatic heterocycles. The lowest BCUT2D eigenvalue weighted by atomic mass is 9.88. The summed E-state index contributed by atoms with van der Waals surface area (Å²) in [5, 5.41) is 4.11. The first-order valence-electron chi connectivity index (χ1n) is 6.67. The number of likely N-dealkylation sites (N-methyl/N-ethyl adjacent to an activating group) is 1. The minimum absolute atomic E-state index is 0.0565. The van der Waals surface area contributed by atoms with E-state index in [4.69, 9.17) is 0 Å². The van der Waals surface area contributed by atoms with Gasteiger partial charge in [0.05, 0.1) is 17.8 Å². The molecule has 2 heterocycles. The van der Waals surface area contributed by atoms with Crippen molar-refractivity contribution in [2.75, 3.05) is 11.9 Å². The molecule has 0 aliphatic rings. The fourth-order valence-corrected chi connectivity index (χ4v) is 2.29. The van der Waals surface area contributed by atoms with Crippen LogP contribution in [0.2, 0.25) is 0 Å². The van der Waals surface area contributed by atoms with Crippen molar-refractivity contribution in [2.45, 2.75) is 19.8 Å². The van der Waals surface area contributed by atoms with Crippen LogP contribution in [0.4, 0.5) is 5.69 Å². The van der Waals surface area contributed by atoms with Gasteiger partial charge in [-0.05, 0) is 17.5 Å². The van der Waals surface area contributed by atoms with Crippen LogP contribution in [0.5, 0.6) is 0 Å². The van der Waals surface area contributed by atoms with E-state index >= 15 is 0 Å². The minimum Gasteiger partial charge on any atom is -0.312 e. The highest BCUT2D eigenvalue weighted by atomic mass is 16.2. The van der Waals surface area contributed by atoms with Gasteiger partial charge in [0.25, 0.3) is 0 Å². The van der Waals surface area contributed by atoms with Crippen LogP contribution in [0.25, 0.3) is 0 Å². The number of aryl methyl sites for hydroxylation is 1. The lowest BCUT2D eigenvalue weighted by Gasteiger charge is -2.25. The number of carbonyl (C=O) groups is 1. The molecule has 1 atom stereocenters. The maximum atomic E-state index is 12.8. The first kappa shape index (κ1) is 14.2. The van der Waals surface area contributed by atoms with Crippen LogP contribution in [-0.4, -0.2) is 27.7 Å². The molecule has 0 bridgehead atoms. The fraction of sp³-hybridized carbons (Fsp3) is 0.400. The number of rotatable bonds is 4. The Morgan fingerprint density at radius 3 is 2.60 bits per heavy atom. The molecule has 0 fully saturated rings. The summed E-state index contributed by atoms with van der Waals surface area (Å²) in [6, 6.07) is 3.81. The summed E-state index contributed by atoms with van der Waals surface area (Å²) < 4.78 is 1.69. The molecule has 2 rings (SSSR count). The number of carbonyl (C=O) groups excluding carboxylic acids is 1. The van der Waals surface area contributed by atoms with Gasteiger partial charge in [-0.1, -0.05) is 19.9 Å². The van der Waals surface area contributed by atoms with Crippen molar-refractivity contribution in [3.63, 3.8) is 0 Å². The lowest BCUT2D eigenvalue weighted by Crippen LogP contribution is -2.34. The zero-order valence-electron chi connectivity index (χ0n) is 12.3. The maximum absolute atomic E-state index is 12.8. The standard InChI is InChI=1S/C15H20N4O/c1-11(2)14(12-6-5-7-16-8-12)15(20)19(4)13-9-17-18(3)10-13/h5-11,14H,1-4H3. The molecule has 0 spiro atoms. The Balaban J connectivity index is 2.28. The second kappa shape index (κ2) is 5.86. The van der Waals surface area contributed by atoms with E-state index in [1.165, 1.54) is 0 Å². The van der Waals surface area contributed by atoms with Crippen molar-refractivity contribution in [1.29, 1.82) is 0 Å². The molecular weight excluding hydrogens is 252 g/mol. The van der Waals surface area contributed by atoms with Crippen LogP contribution in [0.1, 0.15) is 25.3 Å². The summed E-state index contributed by atoms with van der Waals surface area (Å²) >= 11 is 0. The number of nitrogens with zero attached hydrogens (tertiary/aromatic N) is 4. The van der Waals surface area contributed by atoms with Gasteiger partial charge in [0.15, 0.2) is 0 Å². The summed E-state index contributed by atoms with van der Waals surface area (Å²) in [5.74, 6) is 0.0562. The van der Waals surface area contributed by atoms with Crippen molar-refractivity contribution < 1.29 is 4.79 Å². The number of anilines is 1.